The maximum absolute atomic E-state index is 12.3. The molecule has 2 aromatic carbocycles. The Morgan fingerprint density at radius 2 is 1.66 bits per heavy atom. The molecule has 0 spiro atoms. The summed E-state index contributed by atoms with van der Waals surface area (Å²) >= 11 is 4.99. The summed E-state index contributed by atoms with van der Waals surface area (Å²) in [5.74, 6) is -0.562. The smallest absolute Gasteiger partial charge is 0.282 e. The van der Waals surface area contributed by atoms with Crippen molar-refractivity contribution in [2.24, 2.45) is 0 Å². The molecule has 0 fully saturated rings. The van der Waals surface area contributed by atoms with Crippen LogP contribution in [0.15, 0.2) is 48.5 Å². The molecule has 0 saturated heterocycles. The van der Waals surface area contributed by atoms with Crippen molar-refractivity contribution in [1.29, 1.82) is 0 Å². The maximum Gasteiger partial charge on any atom is 0.282 e. The molecule has 2 aromatic rings. The number of nitro groups is 1. The van der Waals surface area contributed by atoms with E-state index < -0.39 is 16.7 Å². The van der Waals surface area contributed by atoms with Crippen LogP contribution in [0.1, 0.15) is 59.7 Å². The largest absolute Gasteiger partial charge is 0.494 e. The Bertz CT molecular complexity index is 950. The van der Waals surface area contributed by atoms with Crippen LogP contribution < -0.4 is 20.9 Å². The number of unbranched alkanes of at least 4 members (excludes halogenated alkanes) is 4. The molecule has 0 bridgehead atoms. The molecule has 0 aromatic heterocycles. The van der Waals surface area contributed by atoms with Crippen molar-refractivity contribution in [2.45, 2.75) is 39.0 Å². The summed E-state index contributed by atoms with van der Waals surface area (Å²) in [6.07, 6.45) is 5.75. The second-order valence-corrected chi connectivity index (χ2v) is 7.33. The number of amides is 2. The monoisotopic (exact) mass is 458 g/mol. The molecule has 0 unspecified atom stereocenters. The number of carbonyl (C=O) groups is 2. The molecule has 0 aliphatic rings. The van der Waals surface area contributed by atoms with Crippen LogP contribution in [0.3, 0.4) is 0 Å². The molecule has 170 valence electrons. The number of nitrogens with one attached hydrogen (secondary N) is 3. The van der Waals surface area contributed by atoms with Crippen LogP contribution in [0.4, 0.5) is 5.69 Å². The number of hydrogen-bond donors (Lipinski definition) is 3. The standard InChI is InChI=1S/C22H26N4O5S/c1-2-3-4-5-8-15-31-17-13-11-16(12-14-17)20(27)23-22(32)25-24-21(28)18-9-6-7-10-19(18)26(29)30/h6-7,9-14H,2-5,8,15H2,1H3,(H,24,28)(H2,23,25,27,32). The highest BCUT2D eigenvalue weighted by Crippen LogP contribution is 2.17. The molecule has 3 N–H and O–H groups in total. The van der Waals surface area contributed by atoms with Crippen LogP contribution in [0.25, 0.3) is 0 Å². The fourth-order valence-corrected chi connectivity index (χ4v) is 2.95. The van der Waals surface area contributed by atoms with Crippen LogP contribution in [0.5, 0.6) is 5.75 Å². The molecule has 32 heavy (non-hydrogen) atoms. The minimum absolute atomic E-state index is 0.139. The first kappa shape index (κ1) is 24.7. The van der Waals surface area contributed by atoms with Gasteiger partial charge < -0.3 is 4.74 Å². The third kappa shape index (κ3) is 7.95. The highest BCUT2D eigenvalue weighted by molar-refractivity contribution is 7.80. The number of hydrazine groups is 1. The van der Waals surface area contributed by atoms with Gasteiger partial charge in [-0.25, -0.2) is 0 Å². The fourth-order valence-electron chi connectivity index (χ4n) is 2.81. The molecule has 2 amide bonds. The zero-order chi connectivity index (χ0) is 23.3. The molecule has 10 heteroatoms. The third-order valence-electron chi connectivity index (χ3n) is 4.50. The SMILES string of the molecule is CCCCCCCOc1ccc(C(=O)NC(=S)NNC(=O)c2ccccc2[N+](=O)[O-])cc1. The Morgan fingerprint density at radius 3 is 2.34 bits per heavy atom. The van der Waals surface area contributed by atoms with E-state index in [2.05, 4.69) is 23.1 Å². The van der Waals surface area contributed by atoms with Gasteiger partial charge in [0.05, 0.1) is 11.5 Å². The Hall–Kier alpha value is -3.53. The zero-order valence-corrected chi connectivity index (χ0v) is 18.6. The van der Waals surface area contributed by atoms with Crippen molar-refractivity contribution < 1.29 is 19.2 Å². The number of thiocarbonyl (C=S) groups is 1. The summed E-state index contributed by atoms with van der Waals surface area (Å²) in [4.78, 5) is 34.8. The predicted octanol–water partition coefficient (Wildman–Crippen LogP) is 3.89. The van der Waals surface area contributed by atoms with Crippen LogP contribution in [-0.2, 0) is 0 Å². The van der Waals surface area contributed by atoms with Crippen LogP contribution in [0.2, 0.25) is 0 Å². The number of nitrogens with zero attached hydrogens (tertiary/aromatic N) is 1. The molecule has 0 aliphatic heterocycles. The summed E-state index contributed by atoms with van der Waals surface area (Å²) in [5, 5.41) is 13.3. The van der Waals surface area contributed by atoms with E-state index in [1.807, 2.05) is 0 Å². The van der Waals surface area contributed by atoms with Crippen molar-refractivity contribution in [3.05, 3.63) is 69.8 Å². The number of rotatable bonds is 10. The maximum atomic E-state index is 12.3. The molecular weight excluding hydrogens is 432 g/mol. The lowest BCUT2D eigenvalue weighted by atomic mass is 10.2. The van der Waals surface area contributed by atoms with Gasteiger partial charge in [0.15, 0.2) is 5.11 Å². The van der Waals surface area contributed by atoms with E-state index in [1.54, 1.807) is 24.3 Å². The molecule has 0 radical (unpaired) electrons. The third-order valence-corrected chi connectivity index (χ3v) is 4.70. The summed E-state index contributed by atoms with van der Waals surface area (Å²) in [7, 11) is 0. The molecular formula is C22H26N4O5S. The average Bonchev–Trinajstić information content (AvgIpc) is 2.80. The van der Waals surface area contributed by atoms with Crippen molar-refractivity contribution in [3.63, 3.8) is 0 Å². The van der Waals surface area contributed by atoms with E-state index in [9.17, 15) is 19.7 Å². The van der Waals surface area contributed by atoms with Crippen molar-refractivity contribution in [3.8, 4) is 5.75 Å². The number of benzene rings is 2. The van der Waals surface area contributed by atoms with Gasteiger partial charge in [-0.2, -0.15) is 0 Å². The van der Waals surface area contributed by atoms with Crippen LogP contribution >= 0.6 is 12.2 Å². The molecule has 0 heterocycles. The quantitative estimate of drug-likeness (QED) is 0.214. The van der Waals surface area contributed by atoms with Gasteiger partial charge in [0.25, 0.3) is 17.5 Å². The van der Waals surface area contributed by atoms with Gasteiger partial charge in [0.1, 0.15) is 11.3 Å². The molecule has 0 atom stereocenters. The van der Waals surface area contributed by atoms with Crippen LogP contribution in [-0.4, -0.2) is 28.5 Å². The van der Waals surface area contributed by atoms with Gasteiger partial charge in [0, 0.05) is 11.6 Å². The van der Waals surface area contributed by atoms with E-state index in [1.165, 1.54) is 43.5 Å². The summed E-state index contributed by atoms with van der Waals surface area (Å²) < 4.78 is 5.67. The Labute approximate surface area is 191 Å². The number of ether oxygens (including phenoxy) is 1. The van der Waals surface area contributed by atoms with Gasteiger partial charge in [-0.15, -0.1) is 0 Å². The average molecular weight is 459 g/mol. The first-order chi connectivity index (χ1) is 15.4. The number of nitro benzene ring substituents is 1. The van der Waals surface area contributed by atoms with Gasteiger partial charge in [-0.05, 0) is 49.0 Å². The van der Waals surface area contributed by atoms with Gasteiger partial charge in [0.2, 0.25) is 0 Å². The summed E-state index contributed by atoms with van der Waals surface area (Å²) in [6.45, 7) is 2.80. The number of hydrogen-bond acceptors (Lipinski definition) is 6. The molecule has 2 rings (SSSR count). The van der Waals surface area contributed by atoms with E-state index in [0.29, 0.717) is 17.9 Å². The highest BCUT2D eigenvalue weighted by atomic mass is 32.1. The van der Waals surface area contributed by atoms with Crippen LogP contribution in [0, 0.1) is 10.1 Å². The van der Waals surface area contributed by atoms with E-state index in [-0.39, 0.29) is 16.4 Å². The van der Waals surface area contributed by atoms with E-state index >= 15 is 0 Å². The fraction of sp³-hybridized carbons (Fsp3) is 0.318. The molecule has 9 nitrogen and oxygen atoms in total. The van der Waals surface area contributed by atoms with Gasteiger partial charge in [-0.1, -0.05) is 44.7 Å². The van der Waals surface area contributed by atoms with E-state index in [0.717, 1.165) is 12.8 Å². The predicted molar refractivity (Wildman–Crippen MR) is 124 cm³/mol. The van der Waals surface area contributed by atoms with Crippen molar-refractivity contribution in [2.75, 3.05) is 6.61 Å². The van der Waals surface area contributed by atoms with Gasteiger partial charge >= 0.3 is 0 Å². The Kier molecular flexibility index (Phi) is 10.1. The minimum atomic E-state index is -0.759. The molecule has 0 aliphatic carbocycles. The lowest BCUT2D eigenvalue weighted by Crippen LogP contribution is -2.48. The summed E-state index contributed by atoms with van der Waals surface area (Å²) in [6, 6.07) is 12.1. The number of para-hydroxylation sites is 1. The second-order valence-electron chi connectivity index (χ2n) is 6.92. The van der Waals surface area contributed by atoms with E-state index in [4.69, 9.17) is 17.0 Å². The Morgan fingerprint density at radius 1 is 0.969 bits per heavy atom. The topological polar surface area (TPSA) is 123 Å². The van der Waals surface area contributed by atoms with Crippen molar-refractivity contribution in [1.82, 2.24) is 16.2 Å². The lowest BCUT2D eigenvalue weighted by molar-refractivity contribution is -0.385. The minimum Gasteiger partial charge on any atom is -0.494 e. The second kappa shape index (κ2) is 13.0. The first-order valence-electron chi connectivity index (χ1n) is 10.3. The number of carbonyl (C=O) groups excluding carboxylic acids is 2. The Balaban J connectivity index is 1.78. The highest BCUT2D eigenvalue weighted by Gasteiger charge is 2.19. The normalized spacial score (nSPS) is 10.2. The van der Waals surface area contributed by atoms with Crippen molar-refractivity contribution >= 4 is 34.8 Å². The van der Waals surface area contributed by atoms with Gasteiger partial charge in [-0.3, -0.25) is 35.9 Å². The lowest BCUT2D eigenvalue weighted by Gasteiger charge is -2.11. The molecule has 0 saturated carbocycles. The first-order valence-corrected chi connectivity index (χ1v) is 10.7. The summed E-state index contributed by atoms with van der Waals surface area (Å²) in [5.41, 5.74) is 4.47. The zero-order valence-electron chi connectivity index (χ0n) is 17.8.